The maximum atomic E-state index is 12.7. The Hall–Kier alpha value is -3.19. The van der Waals surface area contributed by atoms with Gasteiger partial charge < -0.3 is 14.8 Å². The zero-order valence-electron chi connectivity index (χ0n) is 18.5. The molecule has 1 heterocycles. The van der Waals surface area contributed by atoms with Crippen molar-refractivity contribution in [1.82, 2.24) is 10.3 Å². The highest BCUT2D eigenvalue weighted by Crippen LogP contribution is 2.26. The molecule has 168 valence electrons. The van der Waals surface area contributed by atoms with Gasteiger partial charge in [-0.2, -0.15) is 0 Å². The van der Waals surface area contributed by atoms with Crippen LogP contribution in [0.3, 0.4) is 0 Å². The number of carbonyl (C=O) groups excluding carboxylic acids is 2. The Balaban J connectivity index is 1.65. The molecule has 1 N–H and O–H groups in total. The molecule has 2 aromatic carbocycles. The van der Waals surface area contributed by atoms with Crippen LogP contribution in [0.1, 0.15) is 44.5 Å². The van der Waals surface area contributed by atoms with Gasteiger partial charge >= 0.3 is 5.97 Å². The van der Waals surface area contributed by atoms with Crippen molar-refractivity contribution in [3.05, 3.63) is 71.2 Å². The second-order valence-electron chi connectivity index (χ2n) is 7.55. The summed E-state index contributed by atoms with van der Waals surface area (Å²) in [5.74, 6) is 0.274. The number of hydrogen-bond acceptors (Lipinski definition) is 6. The summed E-state index contributed by atoms with van der Waals surface area (Å²) < 4.78 is 10.7. The van der Waals surface area contributed by atoms with Gasteiger partial charge in [0, 0.05) is 10.9 Å². The summed E-state index contributed by atoms with van der Waals surface area (Å²) in [6.07, 6.45) is 0.00377. The summed E-state index contributed by atoms with van der Waals surface area (Å²) in [4.78, 5) is 29.6. The molecule has 0 aliphatic carbocycles. The van der Waals surface area contributed by atoms with E-state index in [1.807, 2.05) is 66.9 Å². The van der Waals surface area contributed by atoms with Gasteiger partial charge in [-0.3, -0.25) is 9.59 Å². The average Bonchev–Trinajstić information content (AvgIpc) is 3.22. The van der Waals surface area contributed by atoms with E-state index in [2.05, 4.69) is 10.3 Å². The van der Waals surface area contributed by atoms with Gasteiger partial charge in [0.05, 0.1) is 37.3 Å². The maximum absolute atomic E-state index is 12.7. The van der Waals surface area contributed by atoms with Crippen molar-refractivity contribution in [3.8, 4) is 16.3 Å². The van der Waals surface area contributed by atoms with Crippen molar-refractivity contribution in [3.63, 3.8) is 0 Å². The fourth-order valence-corrected chi connectivity index (χ4v) is 4.03. The first-order valence-corrected chi connectivity index (χ1v) is 11.5. The highest BCUT2D eigenvalue weighted by atomic mass is 32.1. The number of thiazole rings is 1. The molecule has 0 radical (unpaired) electrons. The quantitative estimate of drug-likeness (QED) is 0.441. The summed E-state index contributed by atoms with van der Waals surface area (Å²) in [5.41, 5.74) is 2.52. The molecule has 0 saturated heterocycles. The van der Waals surface area contributed by atoms with Gasteiger partial charge in [0.15, 0.2) is 0 Å². The van der Waals surface area contributed by atoms with Gasteiger partial charge in [-0.1, -0.05) is 30.3 Å². The number of rotatable bonds is 10. The number of benzene rings is 2. The summed E-state index contributed by atoms with van der Waals surface area (Å²) in [5, 5.41) is 5.69. The molecule has 0 bridgehead atoms. The lowest BCUT2D eigenvalue weighted by Crippen LogP contribution is -2.32. The van der Waals surface area contributed by atoms with Crippen molar-refractivity contribution >= 4 is 23.2 Å². The molecule has 3 aromatic rings. The number of nitrogens with one attached hydrogen (secondary N) is 1. The maximum Gasteiger partial charge on any atom is 0.308 e. The average molecular weight is 453 g/mol. The number of ether oxygens (including phenoxy) is 2. The highest BCUT2D eigenvalue weighted by molar-refractivity contribution is 7.13. The lowest BCUT2D eigenvalue weighted by Gasteiger charge is -2.19. The minimum atomic E-state index is -0.459. The Morgan fingerprint density at radius 1 is 1.06 bits per heavy atom. The second kappa shape index (κ2) is 11.4. The third-order valence-corrected chi connectivity index (χ3v) is 5.52. The fraction of sp³-hybridized carbons (Fsp3) is 0.320. The molecular formula is C25H28N2O4S. The Morgan fingerprint density at radius 3 is 2.44 bits per heavy atom. The van der Waals surface area contributed by atoms with Gasteiger partial charge in [0.25, 0.3) is 0 Å². The molecule has 0 fully saturated rings. The van der Waals surface area contributed by atoms with Crippen LogP contribution < -0.4 is 10.1 Å². The molecular weight excluding hydrogens is 424 g/mol. The van der Waals surface area contributed by atoms with E-state index in [9.17, 15) is 9.59 Å². The summed E-state index contributed by atoms with van der Waals surface area (Å²) in [6.45, 7) is 6.17. The molecule has 1 amide bonds. The monoisotopic (exact) mass is 452 g/mol. The normalized spacial score (nSPS) is 11.8. The minimum Gasteiger partial charge on any atom is -0.494 e. The van der Waals surface area contributed by atoms with Crippen LogP contribution in [-0.2, 0) is 20.7 Å². The van der Waals surface area contributed by atoms with Crippen LogP contribution in [0, 0.1) is 0 Å². The Morgan fingerprint density at radius 2 is 1.78 bits per heavy atom. The molecule has 1 aromatic heterocycles. The number of esters is 1. The summed E-state index contributed by atoms with van der Waals surface area (Å²) in [7, 11) is 0. The summed E-state index contributed by atoms with van der Waals surface area (Å²) in [6, 6.07) is 16.7. The van der Waals surface area contributed by atoms with Crippen molar-refractivity contribution in [2.24, 2.45) is 0 Å². The molecule has 0 aliphatic heterocycles. The van der Waals surface area contributed by atoms with Gasteiger partial charge in [0.2, 0.25) is 5.91 Å². The minimum absolute atomic E-state index is 0.0719. The third kappa shape index (κ3) is 6.92. The van der Waals surface area contributed by atoms with Crippen LogP contribution in [0.15, 0.2) is 60.0 Å². The van der Waals surface area contributed by atoms with Crippen molar-refractivity contribution in [2.75, 3.05) is 6.61 Å². The van der Waals surface area contributed by atoms with E-state index >= 15 is 0 Å². The SMILES string of the molecule is CCOc1ccc(-c2nc(CC(=O)NC(CC(=O)OC(C)C)c3ccccc3)cs2)cc1. The number of amides is 1. The Bertz CT molecular complexity index is 1020. The van der Waals surface area contributed by atoms with E-state index in [-0.39, 0.29) is 30.8 Å². The highest BCUT2D eigenvalue weighted by Gasteiger charge is 2.20. The molecule has 1 unspecified atom stereocenters. The van der Waals surface area contributed by atoms with Gasteiger partial charge in [0.1, 0.15) is 10.8 Å². The Kier molecular flexibility index (Phi) is 8.39. The largest absolute Gasteiger partial charge is 0.494 e. The van der Waals surface area contributed by atoms with E-state index < -0.39 is 6.04 Å². The number of nitrogens with zero attached hydrogens (tertiary/aromatic N) is 1. The van der Waals surface area contributed by atoms with E-state index in [1.54, 1.807) is 13.8 Å². The first-order valence-electron chi connectivity index (χ1n) is 10.7. The molecule has 32 heavy (non-hydrogen) atoms. The van der Waals surface area contributed by atoms with Crippen molar-refractivity contribution in [2.45, 2.75) is 45.8 Å². The standard InChI is InChI=1S/C25H28N2O4S/c1-4-30-21-12-10-19(11-13-21)25-26-20(16-32-25)14-23(28)27-22(15-24(29)31-17(2)3)18-8-6-5-7-9-18/h5-13,16-17,22H,4,14-15H2,1-3H3,(H,27,28). The van der Waals surface area contributed by atoms with Crippen LogP contribution in [-0.4, -0.2) is 29.6 Å². The first kappa shape index (κ1) is 23.5. The second-order valence-corrected chi connectivity index (χ2v) is 8.41. The number of aromatic nitrogens is 1. The van der Waals surface area contributed by atoms with Crippen LogP contribution in [0.4, 0.5) is 0 Å². The topological polar surface area (TPSA) is 77.5 Å². The van der Waals surface area contributed by atoms with E-state index in [0.717, 1.165) is 21.9 Å². The molecule has 0 spiro atoms. The van der Waals surface area contributed by atoms with Gasteiger partial charge in [-0.15, -0.1) is 11.3 Å². The fourth-order valence-electron chi connectivity index (χ4n) is 3.21. The number of carbonyl (C=O) groups is 2. The smallest absolute Gasteiger partial charge is 0.308 e. The lowest BCUT2D eigenvalue weighted by molar-refractivity contribution is -0.148. The summed E-state index contributed by atoms with van der Waals surface area (Å²) >= 11 is 1.49. The van der Waals surface area contributed by atoms with E-state index in [0.29, 0.717) is 12.3 Å². The Labute approximate surface area is 192 Å². The molecule has 3 rings (SSSR count). The van der Waals surface area contributed by atoms with Gasteiger partial charge in [-0.05, 0) is 50.6 Å². The molecule has 7 heteroatoms. The zero-order valence-corrected chi connectivity index (χ0v) is 19.4. The van der Waals surface area contributed by atoms with E-state index in [1.165, 1.54) is 11.3 Å². The lowest BCUT2D eigenvalue weighted by atomic mass is 10.0. The van der Waals surface area contributed by atoms with Crippen LogP contribution in [0.2, 0.25) is 0 Å². The van der Waals surface area contributed by atoms with E-state index in [4.69, 9.17) is 9.47 Å². The van der Waals surface area contributed by atoms with Crippen LogP contribution >= 0.6 is 11.3 Å². The van der Waals surface area contributed by atoms with Crippen LogP contribution in [0.25, 0.3) is 10.6 Å². The molecule has 1 atom stereocenters. The zero-order chi connectivity index (χ0) is 22.9. The first-order chi connectivity index (χ1) is 15.4. The molecule has 0 aliphatic rings. The predicted octanol–water partition coefficient (Wildman–Crippen LogP) is 4.95. The molecule has 6 nitrogen and oxygen atoms in total. The third-order valence-electron chi connectivity index (χ3n) is 4.58. The molecule has 0 saturated carbocycles. The predicted molar refractivity (Wildman–Crippen MR) is 126 cm³/mol. The van der Waals surface area contributed by atoms with Crippen LogP contribution in [0.5, 0.6) is 5.75 Å². The van der Waals surface area contributed by atoms with Gasteiger partial charge in [-0.25, -0.2) is 4.98 Å². The number of hydrogen-bond donors (Lipinski definition) is 1. The van der Waals surface area contributed by atoms with Crippen molar-refractivity contribution < 1.29 is 19.1 Å². The van der Waals surface area contributed by atoms with Crippen molar-refractivity contribution in [1.29, 1.82) is 0 Å².